The van der Waals surface area contributed by atoms with Gasteiger partial charge in [-0.2, -0.15) is 0 Å². The molecule has 0 spiro atoms. The van der Waals surface area contributed by atoms with Gasteiger partial charge in [0.1, 0.15) is 12.4 Å². The zero-order valence-corrected chi connectivity index (χ0v) is 28.1. The number of benzene rings is 6. The molecule has 1 N–H and O–H groups in total. The number of aromatic hydroxyl groups is 1. The molecule has 6 rings (SSSR count). The van der Waals surface area contributed by atoms with E-state index >= 15 is 0 Å². The summed E-state index contributed by atoms with van der Waals surface area (Å²) in [6, 6.07) is 37.9. The van der Waals surface area contributed by atoms with Gasteiger partial charge in [-0.05, 0) is 85.3 Å². The summed E-state index contributed by atoms with van der Waals surface area (Å²) in [4.78, 5) is 0. The van der Waals surface area contributed by atoms with E-state index in [2.05, 4.69) is 96.1 Å². The Bertz CT molecular complexity index is 1990. The topological polar surface area (TPSA) is 38.7 Å². The quantitative estimate of drug-likeness (QED) is 0.196. The van der Waals surface area contributed by atoms with Crippen molar-refractivity contribution in [2.24, 2.45) is 0 Å². The molecule has 0 heterocycles. The molecule has 234 valence electrons. The van der Waals surface area contributed by atoms with Crippen LogP contribution in [0.25, 0.3) is 43.8 Å². The molecule has 0 saturated carbocycles. The lowest BCUT2D eigenvalue weighted by Gasteiger charge is -2.26. The summed E-state index contributed by atoms with van der Waals surface area (Å²) >= 11 is 0. The Kier molecular flexibility index (Phi) is 8.29. The lowest BCUT2D eigenvalue weighted by atomic mass is 9.79. The van der Waals surface area contributed by atoms with Gasteiger partial charge in [-0.3, -0.25) is 0 Å². The minimum atomic E-state index is 0.0264. The van der Waals surface area contributed by atoms with E-state index in [4.69, 9.17) is 9.47 Å². The number of phenols is 1. The first-order valence-corrected chi connectivity index (χ1v) is 16.2. The predicted molar refractivity (Wildman–Crippen MR) is 193 cm³/mol. The van der Waals surface area contributed by atoms with Gasteiger partial charge in [-0.15, -0.1) is 0 Å². The number of phenolic OH excluding ortho intramolecular Hbond substituents is 1. The lowest BCUT2D eigenvalue weighted by molar-refractivity contribution is 0.290. The Morgan fingerprint density at radius 3 is 1.85 bits per heavy atom. The first-order chi connectivity index (χ1) is 21.9. The molecule has 0 aliphatic carbocycles. The van der Waals surface area contributed by atoms with Gasteiger partial charge in [0, 0.05) is 11.1 Å². The van der Waals surface area contributed by atoms with Gasteiger partial charge >= 0.3 is 0 Å². The standard InChI is InChI=1S/C43H44O3/c1-8-45-37-21-19-31-22-29(32-23-33(42(2,3)4)26-34(24-32)43(5,6)7)18-20-36(31)39(37)40-35-17-13-12-16-30(35)25-38(41(40)44)46-27-28-14-10-9-11-15-28/h9-26,44H,8,27H2,1-7H3. The molecule has 0 aliphatic rings. The molecule has 0 aromatic heterocycles. The van der Waals surface area contributed by atoms with Crippen molar-refractivity contribution in [3.05, 3.63) is 126 Å². The Morgan fingerprint density at radius 2 is 1.17 bits per heavy atom. The van der Waals surface area contributed by atoms with Crippen molar-refractivity contribution in [2.75, 3.05) is 6.61 Å². The Hall–Kier alpha value is -4.76. The van der Waals surface area contributed by atoms with Gasteiger partial charge in [0.2, 0.25) is 0 Å². The molecule has 0 bridgehead atoms. The van der Waals surface area contributed by atoms with Crippen LogP contribution in [0.4, 0.5) is 0 Å². The van der Waals surface area contributed by atoms with Crippen LogP contribution >= 0.6 is 0 Å². The fourth-order valence-electron chi connectivity index (χ4n) is 6.09. The Labute approximate surface area is 273 Å². The normalized spacial score (nSPS) is 12.1. The van der Waals surface area contributed by atoms with Crippen LogP contribution in [0.3, 0.4) is 0 Å². The average Bonchev–Trinajstić information content (AvgIpc) is 3.03. The molecule has 6 aromatic rings. The van der Waals surface area contributed by atoms with Crippen molar-refractivity contribution in [2.45, 2.75) is 65.9 Å². The summed E-state index contributed by atoms with van der Waals surface area (Å²) in [6.07, 6.45) is 0. The average molecular weight is 609 g/mol. The number of rotatable bonds is 7. The smallest absolute Gasteiger partial charge is 0.166 e. The van der Waals surface area contributed by atoms with Gasteiger partial charge in [0.05, 0.1) is 6.61 Å². The molecule has 3 heteroatoms. The van der Waals surface area contributed by atoms with E-state index in [-0.39, 0.29) is 16.6 Å². The van der Waals surface area contributed by atoms with Crippen molar-refractivity contribution in [1.82, 2.24) is 0 Å². The molecule has 3 nitrogen and oxygen atoms in total. The zero-order valence-electron chi connectivity index (χ0n) is 28.1. The van der Waals surface area contributed by atoms with Crippen molar-refractivity contribution >= 4 is 21.5 Å². The van der Waals surface area contributed by atoms with E-state index in [1.165, 1.54) is 16.7 Å². The van der Waals surface area contributed by atoms with Crippen LogP contribution in [0.2, 0.25) is 0 Å². The molecule has 0 radical (unpaired) electrons. The SMILES string of the molecule is CCOc1ccc2cc(-c3cc(C(C)(C)C)cc(C(C)(C)C)c3)ccc2c1-c1c(O)c(OCc2ccccc2)cc2ccccc12. The van der Waals surface area contributed by atoms with Crippen LogP contribution in [0, 0.1) is 0 Å². The Morgan fingerprint density at radius 1 is 0.543 bits per heavy atom. The predicted octanol–water partition coefficient (Wildman–Crippen LogP) is 11.6. The highest BCUT2D eigenvalue weighted by molar-refractivity contribution is 6.11. The van der Waals surface area contributed by atoms with E-state index in [9.17, 15) is 5.11 Å². The van der Waals surface area contributed by atoms with Gasteiger partial charge in [-0.25, -0.2) is 0 Å². The molecule has 6 aromatic carbocycles. The summed E-state index contributed by atoms with van der Waals surface area (Å²) in [6.45, 7) is 16.5. The third kappa shape index (κ3) is 6.20. The maximum absolute atomic E-state index is 11.9. The van der Waals surface area contributed by atoms with Crippen molar-refractivity contribution in [3.63, 3.8) is 0 Å². The first kappa shape index (κ1) is 31.2. The van der Waals surface area contributed by atoms with Crippen LogP contribution < -0.4 is 9.47 Å². The number of hydrogen-bond donors (Lipinski definition) is 1. The Balaban J connectivity index is 1.55. The summed E-state index contributed by atoms with van der Waals surface area (Å²) < 4.78 is 12.5. The van der Waals surface area contributed by atoms with Gasteiger partial charge < -0.3 is 14.6 Å². The van der Waals surface area contributed by atoms with E-state index in [0.29, 0.717) is 24.5 Å². The molecule has 0 fully saturated rings. The maximum atomic E-state index is 11.9. The first-order valence-electron chi connectivity index (χ1n) is 16.2. The van der Waals surface area contributed by atoms with Crippen molar-refractivity contribution in [3.8, 4) is 39.5 Å². The molecule has 0 amide bonds. The summed E-state index contributed by atoms with van der Waals surface area (Å²) in [7, 11) is 0. The number of hydrogen-bond acceptors (Lipinski definition) is 3. The van der Waals surface area contributed by atoms with E-state index < -0.39 is 0 Å². The molecular formula is C43H44O3. The lowest BCUT2D eigenvalue weighted by Crippen LogP contribution is -2.16. The number of fused-ring (bicyclic) bond motifs is 2. The van der Waals surface area contributed by atoms with Crippen LogP contribution in [0.15, 0.2) is 109 Å². The second kappa shape index (κ2) is 12.2. The van der Waals surface area contributed by atoms with Crippen LogP contribution in [-0.2, 0) is 17.4 Å². The third-order valence-corrected chi connectivity index (χ3v) is 8.75. The van der Waals surface area contributed by atoms with Crippen molar-refractivity contribution in [1.29, 1.82) is 0 Å². The van der Waals surface area contributed by atoms with Crippen LogP contribution in [0.1, 0.15) is 65.2 Å². The second-order valence-corrected chi connectivity index (χ2v) is 14.2. The highest BCUT2D eigenvalue weighted by Gasteiger charge is 2.23. The van der Waals surface area contributed by atoms with Crippen molar-refractivity contribution < 1.29 is 14.6 Å². The molecule has 0 unspecified atom stereocenters. The number of ether oxygens (including phenoxy) is 2. The molecule has 0 atom stereocenters. The highest BCUT2D eigenvalue weighted by atomic mass is 16.5. The summed E-state index contributed by atoms with van der Waals surface area (Å²) in [5.41, 5.74) is 7.69. The fourth-order valence-corrected chi connectivity index (χ4v) is 6.09. The van der Waals surface area contributed by atoms with E-state index in [0.717, 1.165) is 44.0 Å². The van der Waals surface area contributed by atoms with Gasteiger partial charge in [0.15, 0.2) is 11.5 Å². The van der Waals surface area contributed by atoms with Gasteiger partial charge in [0.25, 0.3) is 0 Å². The van der Waals surface area contributed by atoms with Crippen LogP contribution in [0.5, 0.6) is 17.2 Å². The monoisotopic (exact) mass is 608 g/mol. The summed E-state index contributed by atoms with van der Waals surface area (Å²) in [5.74, 6) is 1.29. The largest absolute Gasteiger partial charge is 0.504 e. The minimum absolute atomic E-state index is 0.0264. The highest BCUT2D eigenvalue weighted by Crippen LogP contribution is 2.49. The van der Waals surface area contributed by atoms with Gasteiger partial charge in [-0.1, -0.05) is 133 Å². The molecule has 46 heavy (non-hydrogen) atoms. The third-order valence-electron chi connectivity index (χ3n) is 8.75. The summed E-state index contributed by atoms with van der Waals surface area (Å²) in [5, 5.41) is 16.0. The fraction of sp³-hybridized carbons (Fsp3) is 0.256. The maximum Gasteiger partial charge on any atom is 0.166 e. The molecule has 0 aliphatic heterocycles. The minimum Gasteiger partial charge on any atom is -0.504 e. The second-order valence-electron chi connectivity index (χ2n) is 14.2. The van der Waals surface area contributed by atoms with E-state index in [1.54, 1.807) is 0 Å². The zero-order chi connectivity index (χ0) is 32.6. The molecule has 0 saturated heterocycles. The van der Waals surface area contributed by atoms with E-state index in [1.807, 2.05) is 61.5 Å². The van der Waals surface area contributed by atoms with Crippen LogP contribution in [-0.4, -0.2) is 11.7 Å². The molecular weight excluding hydrogens is 564 g/mol.